The largest absolute Gasteiger partial charge is 0.383 e. The second-order valence-electron chi connectivity index (χ2n) is 5.79. The van der Waals surface area contributed by atoms with Gasteiger partial charge in [-0.15, -0.1) is 0 Å². The van der Waals surface area contributed by atoms with E-state index < -0.39 is 0 Å². The zero-order valence-corrected chi connectivity index (χ0v) is 13.4. The Bertz CT molecular complexity index is 800. The maximum Gasteiger partial charge on any atom is 0.146 e. The van der Waals surface area contributed by atoms with Crippen LogP contribution in [0, 0.1) is 13.8 Å². The number of fused-ring (bicyclic) bond motifs is 1. The van der Waals surface area contributed by atoms with Crippen molar-refractivity contribution in [3.8, 4) is 11.1 Å². The SMILES string of the molecule is CCCCn1c(C)c(-c2ccc(C)cc2)c2c(N)ncnc21. The van der Waals surface area contributed by atoms with Crippen LogP contribution in [0.25, 0.3) is 22.2 Å². The van der Waals surface area contributed by atoms with Crippen molar-refractivity contribution < 1.29 is 0 Å². The summed E-state index contributed by atoms with van der Waals surface area (Å²) in [5.41, 5.74) is 11.9. The lowest BCUT2D eigenvalue weighted by Crippen LogP contribution is -2.01. The van der Waals surface area contributed by atoms with Crippen LogP contribution in [0.15, 0.2) is 30.6 Å². The van der Waals surface area contributed by atoms with Gasteiger partial charge in [0.1, 0.15) is 17.8 Å². The van der Waals surface area contributed by atoms with E-state index in [1.165, 1.54) is 16.8 Å². The highest BCUT2D eigenvalue weighted by Crippen LogP contribution is 2.36. The Labute approximate surface area is 131 Å². The van der Waals surface area contributed by atoms with Crippen molar-refractivity contribution in [1.82, 2.24) is 14.5 Å². The summed E-state index contributed by atoms with van der Waals surface area (Å²) in [6, 6.07) is 8.55. The smallest absolute Gasteiger partial charge is 0.146 e. The van der Waals surface area contributed by atoms with Gasteiger partial charge in [-0.2, -0.15) is 0 Å². The highest BCUT2D eigenvalue weighted by Gasteiger charge is 2.18. The molecule has 2 aromatic heterocycles. The van der Waals surface area contributed by atoms with E-state index in [2.05, 4.69) is 59.6 Å². The number of aryl methyl sites for hydroxylation is 2. The number of nitrogen functional groups attached to an aromatic ring is 1. The van der Waals surface area contributed by atoms with Gasteiger partial charge in [0, 0.05) is 17.8 Å². The van der Waals surface area contributed by atoms with Crippen LogP contribution in [0.5, 0.6) is 0 Å². The van der Waals surface area contributed by atoms with Crippen molar-refractivity contribution in [2.75, 3.05) is 5.73 Å². The van der Waals surface area contributed by atoms with Crippen molar-refractivity contribution in [1.29, 1.82) is 0 Å². The molecule has 2 heterocycles. The number of hydrogen-bond acceptors (Lipinski definition) is 3. The molecular formula is C18H22N4. The molecule has 0 spiro atoms. The van der Waals surface area contributed by atoms with Crippen LogP contribution in [-0.2, 0) is 6.54 Å². The summed E-state index contributed by atoms with van der Waals surface area (Å²) in [4.78, 5) is 8.69. The van der Waals surface area contributed by atoms with Crippen molar-refractivity contribution in [3.05, 3.63) is 41.9 Å². The molecule has 0 unspecified atom stereocenters. The number of anilines is 1. The van der Waals surface area contributed by atoms with Crippen LogP contribution in [0.3, 0.4) is 0 Å². The number of nitrogens with zero attached hydrogens (tertiary/aromatic N) is 3. The van der Waals surface area contributed by atoms with E-state index in [1.807, 2.05) is 0 Å². The minimum absolute atomic E-state index is 0.555. The molecule has 0 bridgehead atoms. The topological polar surface area (TPSA) is 56.7 Å². The Hall–Kier alpha value is -2.36. The molecule has 0 saturated heterocycles. The van der Waals surface area contributed by atoms with Gasteiger partial charge in [0.05, 0.1) is 5.39 Å². The van der Waals surface area contributed by atoms with Gasteiger partial charge in [0.15, 0.2) is 0 Å². The van der Waals surface area contributed by atoms with Crippen molar-refractivity contribution in [3.63, 3.8) is 0 Å². The molecule has 1 aromatic carbocycles. The third kappa shape index (κ3) is 2.34. The van der Waals surface area contributed by atoms with Gasteiger partial charge in [-0.25, -0.2) is 9.97 Å². The monoisotopic (exact) mass is 294 g/mol. The van der Waals surface area contributed by atoms with Gasteiger partial charge in [0.25, 0.3) is 0 Å². The van der Waals surface area contributed by atoms with Gasteiger partial charge >= 0.3 is 0 Å². The molecule has 4 heteroatoms. The first-order chi connectivity index (χ1) is 10.6. The Morgan fingerprint density at radius 3 is 2.50 bits per heavy atom. The van der Waals surface area contributed by atoms with Crippen LogP contribution in [-0.4, -0.2) is 14.5 Å². The Kier molecular flexibility index (Phi) is 3.84. The first-order valence-electron chi connectivity index (χ1n) is 7.79. The fourth-order valence-electron chi connectivity index (χ4n) is 2.97. The summed E-state index contributed by atoms with van der Waals surface area (Å²) in [5.74, 6) is 0.555. The van der Waals surface area contributed by atoms with Crippen LogP contribution < -0.4 is 5.73 Å². The second-order valence-corrected chi connectivity index (χ2v) is 5.79. The summed E-state index contributed by atoms with van der Waals surface area (Å²) < 4.78 is 2.27. The molecule has 0 aliphatic rings. The van der Waals surface area contributed by atoms with Crippen LogP contribution in [0.2, 0.25) is 0 Å². The average molecular weight is 294 g/mol. The number of benzene rings is 1. The molecule has 0 radical (unpaired) electrons. The molecule has 0 fully saturated rings. The predicted molar refractivity (Wildman–Crippen MR) is 91.8 cm³/mol. The number of unbranched alkanes of at least 4 members (excludes halogenated alkanes) is 1. The third-order valence-electron chi connectivity index (χ3n) is 4.20. The van der Waals surface area contributed by atoms with Crippen molar-refractivity contribution in [2.45, 2.75) is 40.2 Å². The Morgan fingerprint density at radius 1 is 1.09 bits per heavy atom. The van der Waals surface area contributed by atoms with Crippen LogP contribution in [0.1, 0.15) is 31.0 Å². The predicted octanol–water partition coefficient (Wildman–Crippen LogP) is 4.10. The highest BCUT2D eigenvalue weighted by atomic mass is 15.1. The number of aromatic nitrogens is 3. The van der Waals surface area contributed by atoms with E-state index in [4.69, 9.17) is 5.73 Å². The maximum atomic E-state index is 6.17. The molecule has 3 aromatic rings. The van der Waals surface area contributed by atoms with E-state index in [0.29, 0.717) is 5.82 Å². The summed E-state index contributed by atoms with van der Waals surface area (Å²) in [7, 11) is 0. The quantitative estimate of drug-likeness (QED) is 0.788. The first kappa shape index (κ1) is 14.6. The van der Waals surface area contributed by atoms with E-state index in [-0.39, 0.29) is 0 Å². The molecular weight excluding hydrogens is 272 g/mol. The molecule has 0 amide bonds. The van der Waals surface area contributed by atoms with Gasteiger partial charge in [-0.05, 0) is 25.8 Å². The van der Waals surface area contributed by atoms with Gasteiger partial charge in [0.2, 0.25) is 0 Å². The normalized spacial score (nSPS) is 11.2. The lowest BCUT2D eigenvalue weighted by molar-refractivity contribution is 0.634. The Morgan fingerprint density at radius 2 is 1.82 bits per heavy atom. The van der Waals surface area contributed by atoms with E-state index in [0.717, 1.165) is 36.0 Å². The molecule has 22 heavy (non-hydrogen) atoms. The fraction of sp³-hybridized carbons (Fsp3) is 0.333. The fourth-order valence-corrected chi connectivity index (χ4v) is 2.97. The van der Waals surface area contributed by atoms with E-state index in [9.17, 15) is 0 Å². The zero-order valence-electron chi connectivity index (χ0n) is 13.4. The third-order valence-corrected chi connectivity index (χ3v) is 4.20. The molecule has 3 rings (SSSR count). The Balaban J connectivity index is 2.28. The molecule has 0 aliphatic heterocycles. The number of rotatable bonds is 4. The maximum absolute atomic E-state index is 6.17. The standard InChI is InChI=1S/C18H22N4/c1-4-5-10-22-13(3)15(14-8-6-12(2)7-9-14)16-17(19)20-11-21-18(16)22/h6-9,11H,4-5,10H2,1-3H3,(H2,19,20,21). The number of nitrogens with two attached hydrogens (primary N) is 1. The molecule has 0 aliphatic carbocycles. The molecule has 0 atom stereocenters. The minimum atomic E-state index is 0.555. The van der Waals surface area contributed by atoms with Crippen molar-refractivity contribution >= 4 is 16.9 Å². The van der Waals surface area contributed by atoms with Gasteiger partial charge in [-0.3, -0.25) is 0 Å². The van der Waals surface area contributed by atoms with Gasteiger partial charge < -0.3 is 10.3 Å². The van der Waals surface area contributed by atoms with Gasteiger partial charge in [-0.1, -0.05) is 43.2 Å². The molecule has 4 nitrogen and oxygen atoms in total. The molecule has 2 N–H and O–H groups in total. The number of hydrogen-bond donors (Lipinski definition) is 1. The minimum Gasteiger partial charge on any atom is -0.383 e. The summed E-state index contributed by atoms with van der Waals surface area (Å²) in [6.45, 7) is 7.40. The highest BCUT2D eigenvalue weighted by molar-refractivity contribution is 6.02. The average Bonchev–Trinajstić information content (AvgIpc) is 2.80. The zero-order chi connectivity index (χ0) is 15.7. The second kappa shape index (κ2) is 5.79. The van der Waals surface area contributed by atoms with E-state index in [1.54, 1.807) is 6.33 Å². The molecule has 0 saturated carbocycles. The lowest BCUT2D eigenvalue weighted by Gasteiger charge is -2.07. The summed E-state index contributed by atoms with van der Waals surface area (Å²) in [5, 5.41) is 0.972. The summed E-state index contributed by atoms with van der Waals surface area (Å²) >= 11 is 0. The van der Waals surface area contributed by atoms with E-state index >= 15 is 0 Å². The van der Waals surface area contributed by atoms with Crippen LogP contribution in [0.4, 0.5) is 5.82 Å². The van der Waals surface area contributed by atoms with Crippen LogP contribution >= 0.6 is 0 Å². The van der Waals surface area contributed by atoms with Crippen molar-refractivity contribution in [2.24, 2.45) is 0 Å². The first-order valence-corrected chi connectivity index (χ1v) is 7.79. The lowest BCUT2D eigenvalue weighted by atomic mass is 10.0. The molecule has 114 valence electrons. The summed E-state index contributed by atoms with van der Waals surface area (Å²) in [6.07, 6.45) is 3.83.